The highest BCUT2D eigenvalue weighted by Gasteiger charge is 2.25. The zero-order valence-corrected chi connectivity index (χ0v) is 12.7. The normalized spacial score (nSPS) is 24.4. The van der Waals surface area contributed by atoms with Crippen molar-refractivity contribution in [3.63, 3.8) is 0 Å². The van der Waals surface area contributed by atoms with Gasteiger partial charge in [0.2, 0.25) is 5.88 Å². The molecule has 1 aliphatic rings. The summed E-state index contributed by atoms with van der Waals surface area (Å²) in [5, 5.41) is 0. The molecule has 4 nitrogen and oxygen atoms in total. The predicted octanol–water partition coefficient (Wildman–Crippen LogP) is 2.87. The molecule has 1 fully saturated rings. The highest BCUT2D eigenvalue weighted by Crippen LogP contribution is 2.26. The average Bonchev–Trinajstić information content (AvgIpc) is 2.32. The number of halogens is 1. The number of rotatable bonds is 3. The van der Waals surface area contributed by atoms with Gasteiger partial charge < -0.3 is 9.64 Å². The fraction of sp³-hybridized carbons (Fsp3) is 0.692. The van der Waals surface area contributed by atoms with Crippen molar-refractivity contribution in [3.05, 3.63) is 12.4 Å². The maximum absolute atomic E-state index is 5.58. The molecule has 0 radical (unpaired) electrons. The first-order chi connectivity index (χ1) is 8.56. The maximum Gasteiger partial charge on any atom is 0.234 e. The van der Waals surface area contributed by atoms with Crippen LogP contribution in [-0.2, 0) is 0 Å². The Kier molecular flexibility index (Phi) is 4.43. The molecule has 2 heterocycles. The van der Waals surface area contributed by atoms with E-state index in [0.717, 1.165) is 18.9 Å². The van der Waals surface area contributed by atoms with Gasteiger partial charge in [0.1, 0.15) is 0 Å². The van der Waals surface area contributed by atoms with E-state index < -0.39 is 0 Å². The van der Waals surface area contributed by atoms with Crippen molar-refractivity contribution in [2.75, 3.05) is 18.0 Å². The Bertz CT molecular complexity index is 400. The minimum atomic E-state index is 0.125. The monoisotopic (exact) mass is 313 g/mol. The first-order valence-electron chi connectivity index (χ1n) is 6.44. The zero-order chi connectivity index (χ0) is 13.1. The molecule has 2 rings (SSSR count). The van der Waals surface area contributed by atoms with Crippen LogP contribution in [0.1, 0.15) is 27.2 Å². The second kappa shape index (κ2) is 5.87. The molecule has 0 N–H and O–H groups in total. The Morgan fingerprint density at radius 2 is 2.22 bits per heavy atom. The molecule has 1 aliphatic heterocycles. The lowest BCUT2D eigenvalue weighted by molar-refractivity contribution is 0.231. The highest BCUT2D eigenvalue weighted by atomic mass is 79.9. The molecule has 0 amide bonds. The summed E-state index contributed by atoms with van der Waals surface area (Å²) < 4.78 is 5.58. The van der Waals surface area contributed by atoms with E-state index in [4.69, 9.17) is 4.74 Å². The largest absolute Gasteiger partial charge is 0.474 e. The fourth-order valence-corrected chi connectivity index (χ4v) is 2.63. The number of ether oxygens (including phenoxy) is 1. The highest BCUT2D eigenvalue weighted by molar-refractivity contribution is 9.09. The van der Waals surface area contributed by atoms with Crippen molar-refractivity contribution < 1.29 is 4.74 Å². The summed E-state index contributed by atoms with van der Waals surface area (Å²) >= 11 is 3.73. The van der Waals surface area contributed by atoms with Crippen LogP contribution < -0.4 is 9.64 Å². The van der Waals surface area contributed by atoms with Gasteiger partial charge >= 0.3 is 0 Å². The van der Waals surface area contributed by atoms with Gasteiger partial charge in [-0.25, -0.2) is 0 Å². The number of aromatic nitrogens is 2. The van der Waals surface area contributed by atoms with Gasteiger partial charge in [-0.15, -0.1) is 0 Å². The molecule has 2 atom stereocenters. The third-order valence-corrected chi connectivity index (χ3v) is 4.34. The molecule has 0 bridgehead atoms. The molecule has 0 aliphatic carbocycles. The molecule has 18 heavy (non-hydrogen) atoms. The van der Waals surface area contributed by atoms with Crippen LogP contribution in [0, 0.1) is 5.92 Å². The predicted molar refractivity (Wildman–Crippen MR) is 76.5 cm³/mol. The third-order valence-electron chi connectivity index (χ3n) is 3.15. The summed E-state index contributed by atoms with van der Waals surface area (Å²) in [4.78, 5) is 11.5. The van der Waals surface area contributed by atoms with Crippen LogP contribution in [-0.4, -0.2) is 34.0 Å². The first-order valence-corrected chi connectivity index (χ1v) is 7.35. The Balaban J connectivity index is 2.08. The van der Waals surface area contributed by atoms with Crippen LogP contribution in [0.5, 0.6) is 5.88 Å². The lowest BCUT2D eigenvalue weighted by Gasteiger charge is -2.34. The van der Waals surface area contributed by atoms with Gasteiger partial charge in [0.15, 0.2) is 5.82 Å². The van der Waals surface area contributed by atoms with Crippen LogP contribution in [0.15, 0.2) is 12.4 Å². The van der Waals surface area contributed by atoms with Crippen molar-refractivity contribution >= 4 is 21.7 Å². The summed E-state index contributed by atoms with van der Waals surface area (Å²) in [7, 11) is 0. The summed E-state index contributed by atoms with van der Waals surface area (Å²) in [6.45, 7) is 8.27. The van der Waals surface area contributed by atoms with Gasteiger partial charge in [0.05, 0.1) is 18.5 Å². The average molecular weight is 314 g/mol. The number of alkyl halides is 1. The van der Waals surface area contributed by atoms with Gasteiger partial charge in [-0.1, -0.05) is 22.9 Å². The Hall–Kier alpha value is -0.840. The Labute approximate surface area is 117 Å². The molecule has 0 spiro atoms. The third kappa shape index (κ3) is 3.34. The van der Waals surface area contributed by atoms with E-state index >= 15 is 0 Å². The molecular formula is C13H20BrN3O. The van der Waals surface area contributed by atoms with E-state index in [1.54, 1.807) is 6.20 Å². The molecule has 1 saturated heterocycles. The lowest BCUT2D eigenvalue weighted by Crippen LogP contribution is -2.40. The van der Waals surface area contributed by atoms with Gasteiger partial charge in [-0.3, -0.25) is 4.98 Å². The molecule has 1 aromatic rings. The minimum Gasteiger partial charge on any atom is -0.474 e. The molecule has 0 aromatic carbocycles. The minimum absolute atomic E-state index is 0.125. The van der Waals surface area contributed by atoms with E-state index in [1.807, 2.05) is 20.0 Å². The quantitative estimate of drug-likeness (QED) is 0.804. The summed E-state index contributed by atoms with van der Waals surface area (Å²) in [5.41, 5.74) is 0. The second-order valence-corrected chi connectivity index (χ2v) is 6.29. The van der Waals surface area contributed by atoms with Crippen molar-refractivity contribution in [1.29, 1.82) is 0 Å². The first kappa shape index (κ1) is 13.6. The maximum atomic E-state index is 5.58. The smallest absolute Gasteiger partial charge is 0.234 e. The number of nitrogens with zero attached hydrogens (tertiary/aromatic N) is 3. The number of hydrogen-bond donors (Lipinski definition) is 0. The topological polar surface area (TPSA) is 38.2 Å². The van der Waals surface area contributed by atoms with Gasteiger partial charge in [0.25, 0.3) is 0 Å². The van der Waals surface area contributed by atoms with Crippen LogP contribution in [0.2, 0.25) is 0 Å². The Morgan fingerprint density at radius 1 is 1.44 bits per heavy atom. The lowest BCUT2D eigenvalue weighted by atomic mass is 9.99. The molecule has 1 aromatic heterocycles. The molecule has 100 valence electrons. The van der Waals surface area contributed by atoms with Crippen LogP contribution in [0.4, 0.5) is 5.82 Å². The SMILES string of the molecule is CC(C)Oc1cncc(N2CCC(C)C(Br)C2)n1. The van der Waals surface area contributed by atoms with Crippen molar-refractivity contribution in [2.24, 2.45) is 5.92 Å². The van der Waals surface area contributed by atoms with Gasteiger partial charge in [-0.05, 0) is 26.2 Å². The van der Waals surface area contributed by atoms with Crippen molar-refractivity contribution in [3.8, 4) is 5.88 Å². The molecule has 0 saturated carbocycles. The summed E-state index contributed by atoms with van der Waals surface area (Å²) in [6.07, 6.45) is 4.78. The van der Waals surface area contributed by atoms with E-state index in [-0.39, 0.29) is 6.10 Å². The number of piperidine rings is 1. The zero-order valence-electron chi connectivity index (χ0n) is 11.1. The van der Waals surface area contributed by atoms with Gasteiger partial charge in [-0.2, -0.15) is 4.98 Å². The number of anilines is 1. The standard InChI is InChI=1S/C13H20BrN3O/c1-9(2)18-13-7-15-6-12(16-13)17-5-4-10(3)11(14)8-17/h6-7,9-11H,4-5,8H2,1-3H3. The van der Waals surface area contributed by atoms with Crippen LogP contribution >= 0.6 is 15.9 Å². The van der Waals surface area contributed by atoms with E-state index in [1.165, 1.54) is 6.42 Å². The van der Waals surface area contributed by atoms with Crippen molar-refractivity contribution in [2.45, 2.75) is 38.1 Å². The second-order valence-electron chi connectivity index (χ2n) is 5.11. The molecular weight excluding hydrogens is 294 g/mol. The van der Waals surface area contributed by atoms with Crippen molar-refractivity contribution in [1.82, 2.24) is 9.97 Å². The van der Waals surface area contributed by atoms with E-state index in [0.29, 0.717) is 16.6 Å². The molecule has 5 heteroatoms. The van der Waals surface area contributed by atoms with Gasteiger partial charge in [0, 0.05) is 17.9 Å². The summed E-state index contributed by atoms with van der Waals surface area (Å²) in [6, 6.07) is 0. The van der Waals surface area contributed by atoms with E-state index in [9.17, 15) is 0 Å². The van der Waals surface area contributed by atoms with E-state index in [2.05, 4.69) is 37.7 Å². The fourth-order valence-electron chi connectivity index (χ4n) is 2.02. The number of hydrogen-bond acceptors (Lipinski definition) is 4. The van der Waals surface area contributed by atoms with Crippen LogP contribution in [0.25, 0.3) is 0 Å². The molecule has 2 unspecified atom stereocenters. The summed E-state index contributed by atoms with van der Waals surface area (Å²) in [5.74, 6) is 2.22. The Morgan fingerprint density at radius 3 is 2.89 bits per heavy atom. The van der Waals surface area contributed by atoms with Crippen LogP contribution in [0.3, 0.4) is 0 Å².